The Morgan fingerprint density at radius 3 is 2.74 bits per heavy atom. The fourth-order valence-corrected chi connectivity index (χ4v) is 3.66. The van der Waals surface area contributed by atoms with Crippen molar-refractivity contribution in [2.45, 2.75) is 0 Å². The number of rotatable bonds is 3. The van der Waals surface area contributed by atoms with E-state index in [1.165, 1.54) is 29.5 Å². The first-order chi connectivity index (χ1) is 11.0. The van der Waals surface area contributed by atoms with Crippen LogP contribution < -0.4 is 10.1 Å². The zero-order valence-electron chi connectivity index (χ0n) is 11.9. The van der Waals surface area contributed by atoms with Crippen molar-refractivity contribution >= 4 is 56.2 Å². The van der Waals surface area contributed by atoms with Gasteiger partial charge in [0.25, 0.3) is 5.91 Å². The molecule has 0 atom stereocenters. The van der Waals surface area contributed by atoms with E-state index in [1.807, 2.05) is 6.07 Å². The molecule has 0 bridgehead atoms. The van der Waals surface area contributed by atoms with Gasteiger partial charge in [-0.25, -0.2) is 0 Å². The molecule has 1 amide bonds. The van der Waals surface area contributed by atoms with Crippen LogP contribution in [-0.4, -0.2) is 18.1 Å². The number of thiophene rings is 1. The largest absolute Gasteiger partial charge is 0.506 e. The number of ether oxygens (including phenoxy) is 1. The summed E-state index contributed by atoms with van der Waals surface area (Å²) in [6.45, 7) is 0. The van der Waals surface area contributed by atoms with Gasteiger partial charge in [0.2, 0.25) is 0 Å². The lowest BCUT2D eigenvalue weighted by atomic mass is 10.2. The van der Waals surface area contributed by atoms with E-state index in [1.54, 1.807) is 19.2 Å². The van der Waals surface area contributed by atoms with E-state index in [0.717, 1.165) is 10.1 Å². The molecule has 0 aliphatic rings. The predicted molar refractivity (Wildman–Crippen MR) is 94.5 cm³/mol. The van der Waals surface area contributed by atoms with Gasteiger partial charge >= 0.3 is 0 Å². The molecule has 0 saturated carbocycles. The maximum atomic E-state index is 12.5. The molecule has 2 aromatic carbocycles. The second-order valence-corrected chi connectivity index (χ2v) is 6.59. The molecular weight excluding hydrogens is 357 g/mol. The molecule has 0 saturated heterocycles. The molecule has 0 spiro atoms. The number of anilines is 1. The van der Waals surface area contributed by atoms with Crippen LogP contribution in [0.1, 0.15) is 9.67 Å². The monoisotopic (exact) mass is 367 g/mol. The van der Waals surface area contributed by atoms with Crippen LogP contribution in [0.25, 0.3) is 10.1 Å². The zero-order chi connectivity index (χ0) is 16.6. The Balaban J connectivity index is 1.97. The van der Waals surface area contributed by atoms with Crippen LogP contribution in [0, 0.1) is 0 Å². The van der Waals surface area contributed by atoms with Gasteiger partial charge in [0.05, 0.1) is 17.8 Å². The third-order valence-electron chi connectivity index (χ3n) is 3.25. The lowest BCUT2D eigenvalue weighted by Crippen LogP contribution is -2.10. The maximum absolute atomic E-state index is 12.5. The first kappa shape index (κ1) is 15.9. The summed E-state index contributed by atoms with van der Waals surface area (Å²) in [7, 11) is 1.57. The molecule has 1 aromatic heterocycles. The molecule has 0 radical (unpaired) electrons. The highest BCUT2D eigenvalue weighted by Gasteiger charge is 2.19. The number of hydrogen-bond acceptors (Lipinski definition) is 4. The number of hydrogen-bond donors (Lipinski definition) is 2. The number of carbonyl (C=O) groups excluding carboxylic acids is 1. The molecule has 0 unspecified atom stereocenters. The second kappa shape index (κ2) is 6.28. The van der Waals surface area contributed by atoms with E-state index in [4.69, 9.17) is 27.9 Å². The number of fused-ring (bicyclic) bond motifs is 1. The third-order valence-corrected chi connectivity index (χ3v) is 5.16. The van der Waals surface area contributed by atoms with Crippen LogP contribution >= 0.6 is 34.5 Å². The van der Waals surface area contributed by atoms with Crippen LogP contribution in [-0.2, 0) is 0 Å². The molecule has 0 aliphatic carbocycles. The lowest BCUT2D eigenvalue weighted by Gasteiger charge is -2.06. The van der Waals surface area contributed by atoms with Gasteiger partial charge in [0, 0.05) is 15.1 Å². The van der Waals surface area contributed by atoms with Crippen molar-refractivity contribution in [3.8, 4) is 11.5 Å². The normalized spacial score (nSPS) is 10.7. The molecule has 7 heteroatoms. The number of methoxy groups -OCH3 is 1. The van der Waals surface area contributed by atoms with Crippen molar-refractivity contribution in [2.75, 3.05) is 12.4 Å². The highest BCUT2D eigenvalue weighted by molar-refractivity contribution is 7.21. The minimum atomic E-state index is -0.410. The van der Waals surface area contributed by atoms with Crippen molar-refractivity contribution in [1.82, 2.24) is 0 Å². The number of nitrogens with one attached hydrogen (secondary N) is 1. The van der Waals surface area contributed by atoms with E-state index >= 15 is 0 Å². The topological polar surface area (TPSA) is 58.6 Å². The van der Waals surface area contributed by atoms with E-state index in [2.05, 4.69) is 5.32 Å². The lowest BCUT2D eigenvalue weighted by molar-refractivity contribution is 0.103. The van der Waals surface area contributed by atoms with E-state index in [9.17, 15) is 9.90 Å². The molecule has 2 N–H and O–H groups in total. The first-order valence-electron chi connectivity index (χ1n) is 6.55. The number of phenols is 1. The van der Waals surface area contributed by atoms with E-state index in [-0.39, 0.29) is 11.4 Å². The smallest absolute Gasteiger partial charge is 0.267 e. The zero-order valence-corrected chi connectivity index (χ0v) is 14.2. The molecule has 3 rings (SSSR count). The minimum absolute atomic E-state index is 0.0679. The van der Waals surface area contributed by atoms with Crippen molar-refractivity contribution < 1.29 is 14.6 Å². The summed E-state index contributed by atoms with van der Waals surface area (Å²) < 4.78 is 6.04. The van der Waals surface area contributed by atoms with Gasteiger partial charge in [0.15, 0.2) is 0 Å². The number of amides is 1. The van der Waals surface area contributed by atoms with Crippen LogP contribution in [0.3, 0.4) is 0 Å². The standard InChI is InChI=1S/C16H11Cl2NO3S/c1-22-9-3-5-13-10(7-9)14(18)15(23-13)16(21)19-11-6-8(17)2-4-12(11)20/h2-7,20H,1H3,(H,19,21). The fraction of sp³-hybridized carbons (Fsp3) is 0.0625. The summed E-state index contributed by atoms with van der Waals surface area (Å²) in [5.74, 6) is 0.186. The second-order valence-electron chi connectivity index (χ2n) is 4.72. The highest BCUT2D eigenvalue weighted by atomic mass is 35.5. The summed E-state index contributed by atoms with van der Waals surface area (Å²) in [5.41, 5.74) is 0.230. The number of benzene rings is 2. The summed E-state index contributed by atoms with van der Waals surface area (Å²) in [6, 6.07) is 9.85. The predicted octanol–water partition coefficient (Wildman–Crippen LogP) is 5.17. The highest BCUT2D eigenvalue weighted by Crippen LogP contribution is 2.38. The summed E-state index contributed by atoms with van der Waals surface area (Å²) in [5, 5.41) is 13.9. The van der Waals surface area contributed by atoms with Crippen molar-refractivity contribution in [3.05, 3.63) is 51.3 Å². The molecule has 23 heavy (non-hydrogen) atoms. The number of carbonyl (C=O) groups is 1. The van der Waals surface area contributed by atoms with Crippen molar-refractivity contribution in [2.24, 2.45) is 0 Å². The van der Waals surface area contributed by atoms with Gasteiger partial charge in [-0.1, -0.05) is 23.2 Å². The quantitative estimate of drug-likeness (QED) is 0.627. The van der Waals surface area contributed by atoms with Gasteiger partial charge < -0.3 is 15.2 Å². The van der Waals surface area contributed by atoms with Crippen molar-refractivity contribution in [3.63, 3.8) is 0 Å². The van der Waals surface area contributed by atoms with Crippen LogP contribution in [0.15, 0.2) is 36.4 Å². The van der Waals surface area contributed by atoms with Gasteiger partial charge in [-0.2, -0.15) is 0 Å². The average molecular weight is 368 g/mol. The molecule has 0 fully saturated rings. The van der Waals surface area contributed by atoms with Gasteiger partial charge in [-0.3, -0.25) is 4.79 Å². The Morgan fingerprint density at radius 2 is 2.00 bits per heavy atom. The Labute approximate surface area is 146 Å². The molecule has 1 heterocycles. The Hall–Kier alpha value is -1.95. The summed E-state index contributed by atoms with van der Waals surface area (Å²) in [6.07, 6.45) is 0. The molecule has 0 aliphatic heterocycles. The van der Waals surface area contributed by atoms with Crippen LogP contribution in [0.5, 0.6) is 11.5 Å². The number of aromatic hydroxyl groups is 1. The van der Waals surface area contributed by atoms with E-state index in [0.29, 0.717) is 20.7 Å². The van der Waals surface area contributed by atoms with Gasteiger partial charge in [-0.15, -0.1) is 11.3 Å². The third kappa shape index (κ3) is 3.08. The molecule has 118 valence electrons. The van der Waals surface area contributed by atoms with Gasteiger partial charge in [-0.05, 0) is 36.4 Å². The van der Waals surface area contributed by atoms with E-state index < -0.39 is 5.91 Å². The molecule has 3 aromatic rings. The fourth-order valence-electron chi connectivity index (χ4n) is 2.11. The summed E-state index contributed by atoms with van der Waals surface area (Å²) in [4.78, 5) is 12.8. The van der Waals surface area contributed by atoms with Crippen molar-refractivity contribution in [1.29, 1.82) is 0 Å². The Kier molecular flexibility index (Phi) is 4.35. The first-order valence-corrected chi connectivity index (χ1v) is 8.12. The molecular formula is C16H11Cl2NO3S. The van der Waals surface area contributed by atoms with Crippen LogP contribution in [0.2, 0.25) is 10.0 Å². The average Bonchev–Trinajstić information content (AvgIpc) is 2.87. The Morgan fingerprint density at radius 1 is 1.22 bits per heavy atom. The number of phenolic OH excluding ortho intramolecular Hbond substituents is 1. The van der Waals surface area contributed by atoms with Gasteiger partial charge in [0.1, 0.15) is 16.4 Å². The maximum Gasteiger partial charge on any atom is 0.267 e. The van der Waals surface area contributed by atoms with Crippen LogP contribution in [0.4, 0.5) is 5.69 Å². The minimum Gasteiger partial charge on any atom is -0.506 e. The SMILES string of the molecule is COc1ccc2sc(C(=O)Nc3cc(Cl)ccc3O)c(Cl)c2c1. The molecule has 4 nitrogen and oxygen atoms in total. The Bertz CT molecular complexity index is 908. The summed E-state index contributed by atoms with van der Waals surface area (Å²) >= 11 is 13.5. The number of halogens is 2.